The average molecular weight is 454 g/mol. The molecule has 0 aliphatic carbocycles. The van der Waals surface area contributed by atoms with E-state index in [1.54, 1.807) is 11.3 Å². The lowest BCUT2D eigenvalue weighted by atomic mass is 10.1. The van der Waals surface area contributed by atoms with Crippen molar-refractivity contribution in [2.75, 3.05) is 19.3 Å². The third-order valence-corrected chi connectivity index (χ3v) is 5.53. The summed E-state index contributed by atoms with van der Waals surface area (Å²) in [5.41, 5.74) is 1.18. The van der Waals surface area contributed by atoms with Gasteiger partial charge < -0.3 is 5.11 Å². The number of hydrogen-bond acceptors (Lipinski definition) is 6. The van der Waals surface area contributed by atoms with Crippen LogP contribution in [0.15, 0.2) is 29.8 Å². The SMILES string of the molecule is CS(=O)(=O)NCC1CN(Cc2cccs2)Cc2ccnn2C1.O=C(O)C(F)(F)F. The summed E-state index contributed by atoms with van der Waals surface area (Å²) in [7, 11) is -3.16. The highest BCUT2D eigenvalue weighted by molar-refractivity contribution is 7.88. The van der Waals surface area contributed by atoms with E-state index in [0.29, 0.717) is 6.54 Å². The molecular formula is C16H21F3N4O4S2. The van der Waals surface area contributed by atoms with Gasteiger partial charge in [0.15, 0.2) is 0 Å². The summed E-state index contributed by atoms with van der Waals surface area (Å²) in [5.74, 6) is -2.55. The van der Waals surface area contributed by atoms with Gasteiger partial charge in [0.1, 0.15) is 0 Å². The Morgan fingerprint density at radius 3 is 2.62 bits per heavy atom. The number of rotatable bonds is 5. The normalized spacial score (nSPS) is 17.7. The van der Waals surface area contributed by atoms with Crippen molar-refractivity contribution >= 4 is 27.3 Å². The van der Waals surface area contributed by atoms with Gasteiger partial charge in [0, 0.05) is 49.7 Å². The number of nitrogens with one attached hydrogen (secondary N) is 1. The van der Waals surface area contributed by atoms with Crippen LogP contribution < -0.4 is 4.72 Å². The lowest BCUT2D eigenvalue weighted by molar-refractivity contribution is -0.192. The van der Waals surface area contributed by atoms with E-state index in [4.69, 9.17) is 9.90 Å². The summed E-state index contributed by atoms with van der Waals surface area (Å²) in [6, 6.07) is 6.23. The van der Waals surface area contributed by atoms with Crippen molar-refractivity contribution in [1.82, 2.24) is 19.4 Å². The van der Waals surface area contributed by atoms with Crippen molar-refractivity contribution in [3.63, 3.8) is 0 Å². The van der Waals surface area contributed by atoms with E-state index in [-0.39, 0.29) is 5.92 Å². The Morgan fingerprint density at radius 1 is 1.38 bits per heavy atom. The average Bonchev–Trinajstić information content (AvgIpc) is 3.21. The fourth-order valence-electron chi connectivity index (χ4n) is 2.76. The molecule has 1 aliphatic rings. The smallest absolute Gasteiger partial charge is 0.475 e. The number of aromatic nitrogens is 2. The lowest BCUT2D eigenvalue weighted by Gasteiger charge is -2.23. The van der Waals surface area contributed by atoms with E-state index in [2.05, 4.69) is 32.2 Å². The summed E-state index contributed by atoms with van der Waals surface area (Å²) in [6.07, 6.45) is -2.07. The highest BCUT2D eigenvalue weighted by Crippen LogP contribution is 2.20. The summed E-state index contributed by atoms with van der Waals surface area (Å²) in [6.45, 7) is 3.76. The molecule has 1 atom stereocenters. The summed E-state index contributed by atoms with van der Waals surface area (Å²) in [4.78, 5) is 12.6. The molecule has 8 nitrogen and oxygen atoms in total. The maximum Gasteiger partial charge on any atom is 0.490 e. The zero-order chi connectivity index (χ0) is 21.7. The molecular weight excluding hydrogens is 433 g/mol. The quantitative estimate of drug-likeness (QED) is 0.714. The first-order valence-corrected chi connectivity index (χ1v) is 11.2. The third-order valence-electron chi connectivity index (χ3n) is 3.97. The van der Waals surface area contributed by atoms with Crippen molar-refractivity contribution in [3.8, 4) is 0 Å². The van der Waals surface area contributed by atoms with Crippen LogP contribution in [0.3, 0.4) is 0 Å². The first-order chi connectivity index (χ1) is 13.4. The largest absolute Gasteiger partial charge is 0.490 e. The van der Waals surface area contributed by atoms with Crippen LogP contribution >= 0.6 is 11.3 Å². The molecule has 29 heavy (non-hydrogen) atoms. The number of carbonyl (C=O) groups is 1. The molecule has 0 spiro atoms. The second kappa shape index (κ2) is 9.69. The Bertz CT molecular complexity index is 898. The van der Waals surface area contributed by atoms with Crippen LogP contribution in [0, 0.1) is 5.92 Å². The van der Waals surface area contributed by atoms with Gasteiger partial charge in [0.05, 0.1) is 11.9 Å². The number of hydrogen-bond donors (Lipinski definition) is 2. The molecule has 2 aromatic heterocycles. The molecule has 162 valence electrons. The summed E-state index contributed by atoms with van der Waals surface area (Å²) >= 11 is 1.75. The van der Waals surface area contributed by atoms with Gasteiger partial charge in [0.25, 0.3) is 0 Å². The van der Waals surface area contributed by atoms with Crippen LogP contribution in [-0.4, -0.2) is 59.7 Å². The molecule has 1 unspecified atom stereocenters. The van der Waals surface area contributed by atoms with E-state index in [9.17, 15) is 21.6 Å². The van der Waals surface area contributed by atoms with E-state index in [0.717, 1.165) is 26.2 Å². The van der Waals surface area contributed by atoms with Crippen molar-refractivity contribution in [1.29, 1.82) is 0 Å². The lowest BCUT2D eigenvalue weighted by Crippen LogP contribution is -2.36. The number of alkyl halides is 3. The number of carboxylic acid groups (broad SMARTS) is 1. The minimum atomic E-state index is -5.08. The number of aliphatic carboxylic acids is 1. The Morgan fingerprint density at radius 2 is 2.07 bits per heavy atom. The molecule has 3 heterocycles. The van der Waals surface area contributed by atoms with Gasteiger partial charge in [-0.1, -0.05) is 6.07 Å². The Hall–Kier alpha value is -1.96. The highest BCUT2D eigenvalue weighted by atomic mass is 32.2. The van der Waals surface area contributed by atoms with Gasteiger partial charge in [-0.2, -0.15) is 18.3 Å². The zero-order valence-corrected chi connectivity index (χ0v) is 17.1. The van der Waals surface area contributed by atoms with Crippen LogP contribution in [-0.2, 0) is 34.5 Å². The van der Waals surface area contributed by atoms with Gasteiger partial charge in [0.2, 0.25) is 10.0 Å². The zero-order valence-electron chi connectivity index (χ0n) is 15.5. The second-order valence-corrected chi connectivity index (χ2v) is 9.41. The molecule has 1 aliphatic heterocycles. The monoisotopic (exact) mass is 454 g/mol. The molecule has 0 fully saturated rings. The Balaban J connectivity index is 0.000000370. The van der Waals surface area contributed by atoms with Gasteiger partial charge in [-0.15, -0.1) is 11.3 Å². The van der Waals surface area contributed by atoms with Gasteiger partial charge in [-0.3, -0.25) is 9.58 Å². The third kappa shape index (κ3) is 8.12. The van der Waals surface area contributed by atoms with Crippen molar-refractivity contribution in [2.45, 2.75) is 25.8 Å². The molecule has 2 aromatic rings. The predicted octanol–water partition coefficient (Wildman–Crippen LogP) is 1.76. The van der Waals surface area contributed by atoms with Gasteiger partial charge in [-0.25, -0.2) is 17.9 Å². The van der Waals surface area contributed by atoms with E-state index >= 15 is 0 Å². The maximum atomic E-state index is 11.3. The second-order valence-electron chi connectivity index (χ2n) is 6.54. The number of fused-ring (bicyclic) bond motifs is 1. The molecule has 3 rings (SSSR count). The number of thiophene rings is 1. The van der Waals surface area contributed by atoms with Crippen LogP contribution in [0.4, 0.5) is 13.2 Å². The van der Waals surface area contributed by atoms with E-state index in [1.165, 1.54) is 16.8 Å². The number of halogens is 3. The van der Waals surface area contributed by atoms with Crippen LogP contribution in [0.5, 0.6) is 0 Å². The van der Waals surface area contributed by atoms with Crippen LogP contribution in [0.2, 0.25) is 0 Å². The number of carboxylic acids is 1. The molecule has 0 radical (unpaired) electrons. The maximum absolute atomic E-state index is 11.3. The predicted molar refractivity (Wildman–Crippen MR) is 101 cm³/mol. The number of nitrogens with zero attached hydrogens (tertiary/aromatic N) is 3. The molecule has 0 saturated heterocycles. The van der Waals surface area contributed by atoms with Crippen molar-refractivity contribution in [2.24, 2.45) is 5.92 Å². The van der Waals surface area contributed by atoms with Gasteiger partial charge in [-0.05, 0) is 17.5 Å². The molecule has 13 heteroatoms. The Labute approximate surface area is 170 Å². The molecule has 0 amide bonds. The van der Waals surface area contributed by atoms with E-state index < -0.39 is 22.2 Å². The topological polar surface area (TPSA) is 105 Å². The van der Waals surface area contributed by atoms with Crippen molar-refractivity contribution < 1.29 is 31.5 Å². The van der Waals surface area contributed by atoms with Crippen molar-refractivity contribution in [3.05, 3.63) is 40.3 Å². The minimum Gasteiger partial charge on any atom is -0.475 e. The number of sulfonamides is 1. The standard InChI is InChI=1S/C14H20N4O2S2.C2HF3O2/c1-22(19,20)16-7-12-8-17(11-14-3-2-6-21-14)10-13-4-5-15-18(13)9-12;3-2(4,5)1(6)7/h2-6,12,16H,7-11H2,1H3;(H,6,7). The first-order valence-electron chi connectivity index (χ1n) is 8.44. The molecule has 0 aromatic carbocycles. The highest BCUT2D eigenvalue weighted by Gasteiger charge is 2.38. The van der Waals surface area contributed by atoms with Crippen LogP contribution in [0.1, 0.15) is 10.6 Å². The molecule has 2 N–H and O–H groups in total. The fourth-order valence-corrected chi connectivity index (χ4v) is 4.05. The summed E-state index contributed by atoms with van der Waals surface area (Å²) < 4.78 is 59.0. The summed E-state index contributed by atoms with van der Waals surface area (Å²) in [5, 5.41) is 13.6. The molecule has 0 bridgehead atoms. The first kappa shape index (κ1) is 23.3. The Kier molecular flexibility index (Phi) is 7.80. The van der Waals surface area contributed by atoms with E-state index in [1.807, 2.05) is 16.9 Å². The fraction of sp³-hybridized carbons (Fsp3) is 0.500. The van der Waals surface area contributed by atoms with Crippen LogP contribution in [0.25, 0.3) is 0 Å². The van der Waals surface area contributed by atoms with Gasteiger partial charge >= 0.3 is 12.1 Å². The minimum absolute atomic E-state index is 0.204. The molecule has 0 saturated carbocycles.